The first-order valence-corrected chi connectivity index (χ1v) is 10.0. The maximum Gasteiger partial charge on any atom is 0.220 e. The predicted molar refractivity (Wildman–Crippen MR) is 109 cm³/mol. The fraction of sp³-hybridized carbons (Fsp3) is 0.150. The van der Waals surface area contributed by atoms with Crippen molar-refractivity contribution in [3.05, 3.63) is 61.1 Å². The Morgan fingerprint density at radius 1 is 1.07 bits per heavy atom. The van der Waals surface area contributed by atoms with Gasteiger partial charge >= 0.3 is 0 Å². The van der Waals surface area contributed by atoms with E-state index in [4.69, 9.17) is 0 Å². The SMILES string of the molecule is CN(c1cc(-c2ccccc2)c2ncn(C)c2c1)c1ccnc(S(C)=O)n1. The average molecular weight is 377 g/mol. The van der Waals surface area contributed by atoms with Gasteiger partial charge in [-0.05, 0) is 23.8 Å². The number of hydrogen-bond donors (Lipinski definition) is 0. The Kier molecular flexibility index (Phi) is 4.45. The molecule has 6 nitrogen and oxygen atoms in total. The van der Waals surface area contributed by atoms with Crippen molar-refractivity contribution in [3.8, 4) is 11.1 Å². The summed E-state index contributed by atoms with van der Waals surface area (Å²) in [5.74, 6) is 0.690. The summed E-state index contributed by atoms with van der Waals surface area (Å²) in [7, 11) is 2.70. The summed E-state index contributed by atoms with van der Waals surface area (Å²) in [4.78, 5) is 15.1. The number of imidazole rings is 1. The summed E-state index contributed by atoms with van der Waals surface area (Å²) in [6.45, 7) is 0. The molecule has 7 heteroatoms. The lowest BCUT2D eigenvalue weighted by Crippen LogP contribution is -2.13. The molecule has 1 atom stereocenters. The zero-order valence-corrected chi connectivity index (χ0v) is 16.1. The summed E-state index contributed by atoms with van der Waals surface area (Å²) in [6.07, 6.45) is 5.04. The van der Waals surface area contributed by atoms with E-state index < -0.39 is 10.8 Å². The van der Waals surface area contributed by atoms with Crippen LogP contribution in [0.1, 0.15) is 0 Å². The Hall–Kier alpha value is -3.06. The third-order valence-electron chi connectivity index (χ3n) is 4.51. The minimum absolute atomic E-state index is 0.323. The first-order valence-electron chi connectivity index (χ1n) is 8.45. The number of fused-ring (bicyclic) bond motifs is 1. The highest BCUT2D eigenvalue weighted by molar-refractivity contribution is 7.84. The fourth-order valence-electron chi connectivity index (χ4n) is 3.04. The highest BCUT2D eigenvalue weighted by Crippen LogP contribution is 2.34. The molecule has 0 N–H and O–H groups in total. The van der Waals surface area contributed by atoms with Crippen molar-refractivity contribution in [2.45, 2.75) is 5.16 Å². The van der Waals surface area contributed by atoms with E-state index in [1.54, 1.807) is 12.5 Å². The van der Waals surface area contributed by atoms with E-state index in [-0.39, 0.29) is 0 Å². The molecule has 0 bridgehead atoms. The van der Waals surface area contributed by atoms with Gasteiger partial charge in [0.15, 0.2) is 0 Å². The van der Waals surface area contributed by atoms with Crippen molar-refractivity contribution in [1.29, 1.82) is 0 Å². The number of anilines is 2. The van der Waals surface area contributed by atoms with Crippen LogP contribution in [0.4, 0.5) is 11.5 Å². The maximum atomic E-state index is 11.7. The third kappa shape index (κ3) is 3.21. The predicted octanol–water partition coefficient (Wildman–Crippen LogP) is 3.54. The normalized spacial score (nSPS) is 12.3. The number of benzene rings is 2. The van der Waals surface area contributed by atoms with E-state index in [1.807, 2.05) is 54.2 Å². The maximum absolute atomic E-state index is 11.7. The molecule has 0 aliphatic carbocycles. The van der Waals surface area contributed by atoms with Crippen molar-refractivity contribution in [2.24, 2.45) is 7.05 Å². The van der Waals surface area contributed by atoms with Crippen molar-refractivity contribution < 1.29 is 4.21 Å². The van der Waals surface area contributed by atoms with E-state index in [2.05, 4.69) is 39.2 Å². The molecule has 0 amide bonds. The van der Waals surface area contributed by atoms with Crippen molar-refractivity contribution >= 4 is 33.3 Å². The molecule has 0 aliphatic heterocycles. The summed E-state index contributed by atoms with van der Waals surface area (Å²) >= 11 is 0. The van der Waals surface area contributed by atoms with Crippen LogP contribution in [-0.2, 0) is 17.8 Å². The Bertz CT molecular complexity index is 1140. The van der Waals surface area contributed by atoms with Crippen LogP contribution in [0.2, 0.25) is 0 Å². The molecule has 4 aromatic rings. The zero-order valence-electron chi connectivity index (χ0n) is 15.3. The van der Waals surface area contributed by atoms with Crippen LogP contribution in [0, 0.1) is 0 Å². The van der Waals surface area contributed by atoms with Gasteiger partial charge in [0.1, 0.15) is 5.82 Å². The first kappa shape index (κ1) is 17.4. The summed E-state index contributed by atoms with van der Waals surface area (Å²) < 4.78 is 13.7. The molecule has 2 heterocycles. The molecular formula is C20H19N5OS. The van der Waals surface area contributed by atoms with Gasteiger partial charge < -0.3 is 9.47 Å². The number of nitrogens with zero attached hydrogens (tertiary/aromatic N) is 5. The molecule has 0 saturated heterocycles. The molecule has 0 spiro atoms. The molecule has 136 valence electrons. The topological polar surface area (TPSA) is 63.9 Å². The molecule has 4 rings (SSSR count). The zero-order chi connectivity index (χ0) is 19.0. The van der Waals surface area contributed by atoms with Gasteiger partial charge in [-0.25, -0.2) is 15.0 Å². The third-order valence-corrected chi connectivity index (χ3v) is 5.22. The summed E-state index contributed by atoms with van der Waals surface area (Å²) in [6, 6.07) is 16.2. The van der Waals surface area contributed by atoms with Gasteiger partial charge in [-0.1, -0.05) is 30.3 Å². The van der Waals surface area contributed by atoms with Crippen molar-refractivity contribution in [1.82, 2.24) is 19.5 Å². The van der Waals surface area contributed by atoms with E-state index in [0.29, 0.717) is 11.0 Å². The Balaban J connectivity index is 1.88. The van der Waals surface area contributed by atoms with Gasteiger partial charge in [-0.2, -0.15) is 0 Å². The van der Waals surface area contributed by atoms with Gasteiger partial charge in [0, 0.05) is 37.8 Å². The van der Waals surface area contributed by atoms with Gasteiger partial charge in [0.2, 0.25) is 5.16 Å². The molecular weight excluding hydrogens is 358 g/mol. The minimum atomic E-state index is -1.23. The second kappa shape index (κ2) is 6.92. The van der Waals surface area contributed by atoms with Gasteiger partial charge in [-0.3, -0.25) is 4.21 Å². The van der Waals surface area contributed by atoms with E-state index in [9.17, 15) is 4.21 Å². The number of aryl methyl sites for hydroxylation is 1. The molecule has 0 saturated carbocycles. The van der Waals surface area contributed by atoms with Gasteiger partial charge in [0.25, 0.3) is 0 Å². The van der Waals surface area contributed by atoms with E-state index in [1.165, 1.54) is 0 Å². The van der Waals surface area contributed by atoms with Crippen LogP contribution in [-0.4, -0.2) is 37.0 Å². The average Bonchev–Trinajstić information content (AvgIpc) is 3.08. The number of rotatable bonds is 4. The lowest BCUT2D eigenvalue weighted by atomic mass is 10.0. The number of aromatic nitrogens is 4. The summed E-state index contributed by atoms with van der Waals surface area (Å²) in [5, 5.41) is 0.323. The molecule has 1 unspecified atom stereocenters. The molecule has 2 aromatic carbocycles. The molecule has 0 radical (unpaired) electrons. The van der Waals surface area contributed by atoms with E-state index >= 15 is 0 Å². The second-order valence-electron chi connectivity index (χ2n) is 6.29. The van der Waals surface area contributed by atoms with Gasteiger partial charge in [-0.15, -0.1) is 0 Å². The summed E-state index contributed by atoms with van der Waals surface area (Å²) in [5.41, 5.74) is 5.13. The second-order valence-corrected chi connectivity index (χ2v) is 7.57. The van der Waals surface area contributed by atoms with Crippen LogP contribution in [0.3, 0.4) is 0 Å². The molecule has 0 fully saturated rings. The van der Waals surface area contributed by atoms with Crippen molar-refractivity contribution in [2.75, 3.05) is 18.2 Å². The standard InChI is InChI=1S/C20H19N5OS/c1-24-13-22-19-16(14-7-5-4-6-8-14)11-15(12-17(19)24)25(2)18-9-10-21-20(23-18)27(3)26/h4-13H,1-3H3. The molecule has 0 aliphatic rings. The molecule has 27 heavy (non-hydrogen) atoms. The van der Waals surface area contributed by atoms with Crippen LogP contribution in [0.15, 0.2) is 66.2 Å². The highest BCUT2D eigenvalue weighted by atomic mass is 32.2. The fourth-order valence-corrected chi connectivity index (χ4v) is 3.47. The van der Waals surface area contributed by atoms with Crippen molar-refractivity contribution in [3.63, 3.8) is 0 Å². The Morgan fingerprint density at radius 2 is 1.85 bits per heavy atom. The van der Waals surface area contributed by atoms with Crippen LogP contribution < -0.4 is 4.90 Å². The smallest absolute Gasteiger partial charge is 0.220 e. The van der Waals surface area contributed by atoms with Gasteiger partial charge in [0.05, 0.1) is 28.2 Å². The van der Waals surface area contributed by atoms with E-state index in [0.717, 1.165) is 27.8 Å². The molecule has 2 aromatic heterocycles. The van der Waals surface area contributed by atoms with Crippen LogP contribution in [0.5, 0.6) is 0 Å². The minimum Gasteiger partial charge on any atom is -0.334 e. The van der Waals surface area contributed by atoms with Crippen LogP contribution >= 0.6 is 0 Å². The quantitative estimate of drug-likeness (QED) is 0.509. The highest BCUT2D eigenvalue weighted by Gasteiger charge is 2.15. The Labute approximate surface area is 160 Å². The van der Waals surface area contributed by atoms with Crippen LogP contribution in [0.25, 0.3) is 22.2 Å². The Morgan fingerprint density at radius 3 is 2.59 bits per heavy atom. The largest absolute Gasteiger partial charge is 0.334 e. The number of hydrogen-bond acceptors (Lipinski definition) is 5. The lowest BCUT2D eigenvalue weighted by Gasteiger charge is -2.20. The monoisotopic (exact) mass is 377 g/mol. The first-order chi connectivity index (χ1) is 13.0. The lowest BCUT2D eigenvalue weighted by molar-refractivity contribution is 0.679.